The molecule has 3 rings (SSSR count). The summed E-state index contributed by atoms with van der Waals surface area (Å²) < 4.78 is 10.6. The summed E-state index contributed by atoms with van der Waals surface area (Å²) in [5, 5.41) is 7.56. The Hall–Kier alpha value is -2.38. The van der Waals surface area contributed by atoms with Crippen molar-refractivity contribution in [3.63, 3.8) is 0 Å². The molecule has 5 nitrogen and oxygen atoms in total. The number of benzene rings is 1. The molecular formula is C18H18N2O3S2. The van der Waals surface area contributed by atoms with Gasteiger partial charge in [0.2, 0.25) is 0 Å². The molecule has 0 unspecified atom stereocenters. The summed E-state index contributed by atoms with van der Waals surface area (Å²) in [6.07, 6.45) is 0.647. The van der Waals surface area contributed by atoms with Crippen LogP contribution in [0.3, 0.4) is 0 Å². The molecule has 2 heterocycles. The first-order valence-corrected chi connectivity index (χ1v) is 9.45. The normalized spacial score (nSPS) is 10.5. The summed E-state index contributed by atoms with van der Waals surface area (Å²) in [7, 11) is 3.26. The lowest BCUT2D eigenvalue weighted by molar-refractivity contribution is 0.0950. The van der Waals surface area contributed by atoms with Crippen LogP contribution >= 0.6 is 22.7 Å². The summed E-state index contributed by atoms with van der Waals surface area (Å²) in [6.45, 7) is 0.494. The highest BCUT2D eigenvalue weighted by Crippen LogP contribution is 2.28. The Balaban J connectivity index is 1.60. The Morgan fingerprint density at radius 2 is 2.08 bits per heavy atom. The maximum Gasteiger partial charge on any atom is 0.270 e. The lowest BCUT2D eigenvalue weighted by atomic mass is 10.1. The number of carbonyl (C=O) groups is 1. The first kappa shape index (κ1) is 17.4. The van der Waals surface area contributed by atoms with E-state index >= 15 is 0 Å². The number of methoxy groups -OCH3 is 2. The van der Waals surface area contributed by atoms with Crippen molar-refractivity contribution in [2.24, 2.45) is 0 Å². The molecule has 0 bridgehead atoms. The van der Waals surface area contributed by atoms with E-state index in [1.54, 1.807) is 30.9 Å². The Morgan fingerprint density at radius 3 is 2.80 bits per heavy atom. The fourth-order valence-electron chi connectivity index (χ4n) is 2.37. The number of nitrogens with one attached hydrogen (secondary N) is 1. The third kappa shape index (κ3) is 4.18. The van der Waals surface area contributed by atoms with Gasteiger partial charge in [-0.1, -0.05) is 6.07 Å². The van der Waals surface area contributed by atoms with Crippen LogP contribution in [-0.2, 0) is 6.42 Å². The van der Waals surface area contributed by atoms with Crippen LogP contribution in [0.1, 0.15) is 16.1 Å². The van der Waals surface area contributed by atoms with Crippen molar-refractivity contribution >= 4 is 28.6 Å². The molecule has 1 amide bonds. The third-order valence-electron chi connectivity index (χ3n) is 3.64. The number of aromatic nitrogens is 1. The summed E-state index contributed by atoms with van der Waals surface area (Å²) in [5.74, 6) is 1.38. The predicted molar refractivity (Wildman–Crippen MR) is 101 cm³/mol. The summed E-state index contributed by atoms with van der Waals surface area (Å²) in [4.78, 5) is 17.8. The van der Waals surface area contributed by atoms with Crippen LogP contribution in [0.5, 0.6) is 11.5 Å². The van der Waals surface area contributed by atoms with Gasteiger partial charge in [-0.05, 0) is 41.6 Å². The first-order chi connectivity index (χ1) is 12.2. The van der Waals surface area contributed by atoms with Gasteiger partial charge in [0.05, 0.1) is 19.1 Å². The van der Waals surface area contributed by atoms with Gasteiger partial charge in [-0.3, -0.25) is 4.79 Å². The second-order valence-electron chi connectivity index (χ2n) is 5.20. The third-order valence-corrected chi connectivity index (χ3v) is 5.52. The Morgan fingerprint density at radius 1 is 1.20 bits per heavy atom. The molecule has 25 heavy (non-hydrogen) atoms. The van der Waals surface area contributed by atoms with Crippen LogP contribution < -0.4 is 14.8 Å². The number of thiazole rings is 1. The number of hydrogen-bond donors (Lipinski definition) is 1. The maximum absolute atomic E-state index is 12.3. The average Bonchev–Trinajstić information content (AvgIpc) is 3.32. The summed E-state index contributed by atoms with van der Waals surface area (Å²) in [5.41, 5.74) is 1.44. The molecular weight excluding hydrogens is 356 g/mol. The van der Waals surface area contributed by atoms with Gasteiger partial charge >= 0.3 is 0 Å². The Bertz CT molecular complexity index is 844. The van der Waals surface area contributed by atoms with Gasteiger partial charge in [0.25, 0.3) is 5.91 Å². The minimum absolute atomic E-state index is 0.166. The standard InChI is InChI=1S/C18H18N2O3S2/c1-22-13-5-6-15(23-2)12(10-13)7-8-19-17(21)14-11-25-18(20-14)16-4-3-9-24-16/h3-6,9-11H,7-8H2,1-2H3,(H,19,21). The van der Waals surface area contributed by atoms with Crippen molar-refractivity contribution in [3.8, 4) is 21.4 Å². The molecule has 0 radical (unpaired) electrons. The number of carbonyl (C=O) groups excluding carboxylic acids is 1. The zero-order valence-corrected chi connectivity index (χ0v) is 15.6. The lowest BCUT2D eigenvalue weighted by Gasteiger charge is -2.10. The molecule has 3 aromatic rings. The van der Waals surface area contributed by atoms with Crippen LogP contribution in [0.4, 0.5) is 0 Å². The van der Waals surface area contributed by atoms with Crippen LogP contribution in [0.2, 0.25) is 0 Å². The van der Waals surface area contributed by atoms with Crippen molar-refractivity contribution in [2.45, 2.75) is 6.42 Å². The van der Waals surface area contributed by atoms with Gasteiger partial charge in [0, 0.05) is 11.9 Å². The van der Waals surface area contributed by atoms with Gasteiger partial charge in [-0.15, -0.1) is 22.7 Å². The molecule has 0 aliphatic heterocycles. The molecule has 0 fully saturated rings. The maximum atomic E-state index is 12.3. The molecule has 130 valence electrons. The minimum atomic E-state index is -0.166. The number of rotatable bonds is 7. The van der Waals surface area contributed by atoms with E-state index in [1.165, 1.54) is 11.3 Å². The topological polar surface area (TPSA) is 60.5 Å². The van der Waals surface area contributed by atoms with Crippen molar-refractivity contribution in [2.75, 3.05) is 20.8 Å². The van der Waals surface area contributed by atoms with E-state index in [4.69, 9.17) is 9.47 Å². The second kappa shape index (κ2) is 8.13. The van der Waals surface area contributed by atoms with E-state index in [1.807, 2.05) is 35.7 Å². The molecule has 0 spiro atoms. The van der Waals surface area contributed by atoms with Crippen LogP contribution in [0, 0.1) is 0 Å². The van der Waals surface area contributed by atoms with Gasteiger partial charge in [0.15, 0.2) is 0 Å². The van der Waals surface area contributed by atoms with Crippen LogP contribution in [-0.4, -0.2) is 31.7 Å². The SMILES string of the molecule is COc1ccc(OC)c(CCNC(=O)c2csc(-c3cccs3)n2)c1. The fourth-order valence-corrected chi connectivity index (χ4v) is 3.98. The molecule has 7 heteroatoms. The molecule has 0 saturated carbocycles. The van der Waals surface area contributed by atoms with Crippen molar-refractivity contribution in [1.29, 1.82) is 0 Å². The number of nitrogens with zero attached hydrogens (tertiary/aromatic N) is 1. The summed E-state index contributed by atoms with van der Waals surface area (Å²) in [6, 6.07) is 9.61. The number of ether oxygens (including phenoxy) is 2. The van der Waals surface area contributed by atoms with E-state index in [2.05, 4.69) is 10.3 Å². The fraction of sp³-hybridized carbons (Fsp3) is 0.222. The zero-order chi connectivity index (χ0) is 17.6. The molecule has 2 aromatic heterocycles. The number of hydrogen-bond acceptors (Lipinski definition) is 6. The van der Waals surface area contributed by atoms with Crippen molar-refractivity contribution in [1.82, 2.24) is 10.3 Å². The van der Waals surface area contributed by atoms with E-state index in [0.29, 0.717) is 18.7 Å². The van der Waals surface area contributed by atoms with Crippen LogP contribution in [0.25, 0.3) is 9.88 Å². The van der Waals surface area contributed by atoms with Crippen LogP contribution in [0.15, 0.2) is 41.1 Å². The number of amides is 1. The average molecular weight is 374 g/mol. The molecule has 1 N–H and O–H groups in total. The highest BCUT2D eigenvalue weighted by atomic mass is 32.1. The monoisotopic (exact) mass is 374 g/mol. The molecule has 0 atom stereocenters. The Labute approximate surface area is 154 Å². The molecule has 0 aliphatic rings. The van der Waals surface area contributed by atoms with E-state index in [9.17, 15) is 4.79 Å². The molecule has 0 saturated heterocycles. The zero-order valence-electron chi connectivity index (χ0n) is 13.9. The minimum Gasteiger partial charge on any atom is -0.497 e. The second-order valence-corrected chi connectivity index (χ2v) is 7.00. The van der Waals surface area contributed by atoms with Gasteiger partial charge in [-0.2, -0.15) is 0 Å². The molecule has 0 aliphatic carbocycles. The van der Waals surface area contributed by atoms with E-state index in [0.717, 1.165) is 26.9 Å². The lowest BCUT2D eigenvalue weighted by Crippen LogP contribution is -2.26. The van der Waals surface area contributed by atoms with Gasteiger partial charge in [-0.25, -0.2) is 4.98 Å². The Kier molecular flexibility index (Phi) is 5.67. The highest BCUT2D eigenvalue weighted by Gasteiger charge is 2.12. The smallest absolute Gasteiger partial charge is 0.270 e. The van der Waals surface area contributed by atoms with E-state index < -0.39 is 0 Å². The largest absolute Gasteiger partial charge is 0.497 e. The first-order valence-electron chi connectivity index (χ1n) is 7.69. The highest BCUT2D eigenvalue weighted by molar-refractivity contribution is 7.20. The van der Waals surface area contributed by atoms with Crippen molar-refractivity contribution in [3.05, 3.63) is 52.3 Å². The molecule has 1 aromatic carbocycles. The quantitative estimate of drug-likeness (QED) is 0.682. The van der Waals surface area contributed by atoms with E-state index in [-0.39, 0.29) is 5.91 Å². The predicted octanol–water partition coefficient (Wildman–Crippen LogP) is 3.86. The van der Waals surface area contributed by atoms with Crippen molar-refractivity contribution < 1.29 is 14.3 Å². The van der Waals surface area contributed by atoms with Gasteiger partial charge < -0.3 is 14.8 Å². The van der Waals surface area contributed by atoms with Gasteiger partial charge in [0.1, 0.15) is 22.2 Å². The summed E-state index contributed by atoms with van der Waals surface area (Å²) >= 11 is 3.09. The number of thiophene rings is 1.